The zero-order valence-corrected chi connectivity index (χ0v) is 11.1. The monoisotopic (exact) mass is 269 g/mol. The van der Waals surface area contributed by atoms with Crippen molar-refractivity contribution in [1.82, 2.24) is 20.5 Å². The van der Waals surface area contributed by atoms with Crippen LogP contribution in [0.25, 0.3) is 0 Å². The summed E-state index contributed by atoms with van der Waals surface area (Å²) in [5.74, 6) is 0.297. The third-order valence-electron chi connectivity index (χ3n) is 2.76. The third-order valence-corrected chi connectivity index (χ3v) is 2.76. The first-order valence-corrected chi connectivity index (χ1v) is 6.41. The van der Waals surface area contributed by atoms with Gasteiger partial charge in [-0.05, 0) is 12.0 Å². The molecule has 2 aromatic rings. The van der Waals surface area contributed by atoms with Crippen molar-refractivity contribution in [2.24, 2.45) is 0 Å². The molecule has 2 rings (SSSR count). The molecule has 0 spiro atoms. The molecule has 6 nitrogen and oxygen atoms in total. The van der Waals surface area contributed by atoms with Crippen molar-refractivity contribution in [3.05, 3.63) is 47.5 Å². The van der Waals surface area contributed by atoms with Crippen LogP contribution >= 0.6 is 0 Å². The van der Waals surface area contributed by atoms with E-state index in [0.29, 0.717) is 12.2 Å². The quantitative estimate of drug-likeness (QED) is 0.864. The van der Waals surface area contributed by atoms with Crippen LogP contribution in [0, 0.1) is 11.3 Å². The first kappa shape index (κ1) is 13.7. The van der Waals surface area contributed by atoms with Gasteiger partial charge in [0, 0.05) is 6.42 Å². The predicted molar refractivity (Wildman–Crippen MR) is 72.6 cm³/mol. The van der Waals surface area contributed by atoms with Crippen LogP contribution in [0.2, 0.25) is 0 Å². The van der Waals surface area contributed by atoms with Crippen LogP contribution in [0.1, 0.15) is 41.4 Å². The van der Waals surface area contributed by atoms with E-state index >= 15 is 0 Å². The lowest BCUT2D eigenvalue weighted by Gasteiger charge is -2.10. The van der Waals surface area contributed by atoms with E-state index in [1.165, 1.54) is 0 Å². The number of aryl methyl sites for hydroxylation is 1. The van der Waals surface area contributed by atoms with Gasteiger partial charge in [-0.3, -0.25) is 9.89 Å². The fourth-order valence-corrected chi connectivity index (χ4v) is 1.77. The molecule has 1 aromatic carbocycles. The van der Waals surface area contributed by atoms with Crippen LogP contribution in [0.3, 0.4) is 0 Å². The number of amides is 1. The zero-order chi connectivity index (χ0) is 14.4. The van der Waals surface area contributed by atoms with Gasteiger partial charge in [-0.25, -0.2) is 4.98 Å². The second-order valence-electron chi connectivity index (χ2n) is 4.30. The number of nitrogens with one attached hydrogen (secondary N) is 2. The van der Waals surface area contributed by atoms with Gasteiger partial charge < -0.3 is 5.32 Å². The standard InChI is InChI=1S/C14H15N5O/c1-2-6-12-17-13(19-18-12)14(20)16-11(9-15)10-7-4-3-5-8-10/h3-5,7-8,11H,2,6H2,1H3,(H,16,20)(H,17,18,19). The number of aromatic amines is 1. The molecule has 1 amide bonds. The smallest absolute Gasteiger partial charge is 0.289 e. The highest BCUT2D eigenvalue weighted by molar-refractivity contribution is 5.90. The molecule has 20 heavy (non-hydrogen) atoms. The second-order valence-corrected chi connectivity index (χ2v) is 4.30. The van der Waals surface area contributed by atoms with Gasteiger partial charge in [0.25, 0.3) is 5.91 Å². The molecule has 0 saturated carbocycles. The topological polar surface area (TPSA) is 94.5 Å². The van der Waals surface area contributed by atoms with Gasteiger partial charge in [-0.2, -0.15) is 10.4 Å². The number of nitrogens with zero attached hydrogens (tertiary/aromatic N) is 3. The average molecular weight is 269 g/mol. The fraction of sp³-hybridized carbons (Fsp3) is 0.286. The Balaban J connectivity index is 2.08. The Labute approximate surface area is 116 Å². The summed E-state index contributed by atoms with van der Waals surface area (Å²) in [6, 6.07) is 10.4. The molecule has 0 aliphatic heterocycles. The number of carbonyl (C=O) groups excluding carboxylic acids is 1. The minimum Gasteiger partial charge on any atom is -0.330 e. The number of benzene rings is 1. The minimum absolute atomic E-state index is 0.129. The van der Waals surface area contributed by atoms with Crippen molar-refractivity contribution in [1.29, 1.82) is 5.26 Å². The third kappa shape index (κ3) is 3.20. The first-order chi connectivity index (χ1) is 9.74. The maximum absolute atomic E-state index is 12.0. The highest BCUT2D eigenvalue weighted by atomic mass is 16.2. The minimum atomic E-state index is -0.705. The van der Waals surface area contributed by atoms with Gasteiger partial charge >= 0.3 is 0 Å². The maximum atomic E-state index is 12.0. The maximum Gasteiger partial charge on any atom is 0.289 e. The van der Waals surface area contributed by atoms with Crippen LogP contribution in [-0.2, 0) is 6.42 Å². The SMILES string of the molecule is CCCc1n[nH]c(C(=O)NC(C#N)c2ccccc2)n1. The Morgan fingerprint density at radius 3 is 2.85 bits per heavy atom. The van der Waals surface area contributed by atoms with E-state index in [-0.39, 0.29) is 5.82 Å². The molecule has 0 radical (unpaired) electrons. The van der Waals surface area contributed by atoms with Crippen LogP contribution < -0.4 is 5.32 Å². The number of hydrogen-bond donors (Lipinski definition) is 2. The molecule has 0 aliphatic carbocycles. The van der Waals surface area contributed by atoms with E-state index in [9.17, 15) is 4.79 Å². The Morgan fingerprint density at radius 2 is 2.20 bits per heavy atom. The Hall–Kier alpha value is -2.68. The summed E-state index contributed by atoms with van der Waals surface area (Å²) in [4.78, 5) is 16.1. The Morgan fingerprint density at radius 1 is 1.45 bits per heavy atom. The lowest BCUT2D eigenvalue weighted by atomic mass is 10.1. The number of nitriles is 1. The van der Waals surface area contributed by atoms with E-state index in [1.807, 2.05) is 25.1 Å². The second kappa shape index (κ2) is 6.48. The summed E-state index contributed by atoms with van der Waals surface area (Å²) >= 11 is 0. The zero-order valence-electron chi connectivity index (χ0n) is 11.1. The van der Waals surface area contributed by atoms with Gasteiger partial charge in [-0.15, -0.1) is 0 Å². The summed E-state index contributed by atoms with van der Waals surface area (Å²) in [5.41, 5.74) is 0.733. The summed E-state index contributed by atoms with van der Waals surface area (Å²) in [7, 11) is 0. The number of hydrogen-bond acceptors (Lipinski definition) is 4. The molecule has 1 atom stereocenters. The van der Waals surface area contributed by atoms with Crippen LogP contribution in [0.4, 0.5) is 0 Å². The summed E-state index contributed by atoms with van der Waals surface area (Å²) in [5, 5.41) is 18.3. The largest absolute Gasteiger partial charge is 0.330 e. The first-order valence-electron chi connectivity index (χ1n) is 6.41. The van der Waals surface area contributed by atoms with Crippen molar-refractivity contribution in [2.75, 3.05) is 0 Å². The molecule has 0 aliphatic rings. The number of H-pyrrole nitrogens is 1. The molecule has 0 fully saturated rings. The van der Waals surface area contributed by atoms with E-state index in [0.717, 1.165) is 12.0 Å². The summed E-state index contributed by atoms with van der Waals surface area (Å²) in [6.45, 7) is 2.01. The van der Waals surface area contributed by atoms with Gasteiger partial charge in [0.15, 0.2) is 5.82 Å². The predicted octanol–water partition coefficient (Wildman–Crippen LogP) is 1.75. The van der Waals surface area contributed by atoms with E-state index in [2.05, 4.69) is 26.6 Å². The number of aromatic nitrogens is 3. The van der Waals surface area contributed by atoms with E-state index in [1.54, 1.807) is 12.1 Å². The van der Waals surface area contributed by atoms with Gasteiger partial charge in [-0.1, -0.05) is 37.3 Å². The van der Waals surface area contributed by atoms with Gasteiger partial charge in [0.05, 0.1) is 6.07 Å². The molecule has 0 bridgehead atoms. The summed E-state index contributed by atoms with van der Waals surface area (Å²) in [6.07, 6.45) is 1.62. The van der Waals surface area contributed by atoms with Crippen molar-refractivity contribution in [2.45, 2.75) is 25.8 Å². The number of rotatable bonds is 5. The highest BCUT2D eigenvalue weighted by Gasteiger charge is 2.17. The van der Waals surface area contributed by atoms with Crippen molar-refractivity contribution in [3.63, 3.8) is 0 Å². The normalized spacial score (nSPS) is 11.6. The Bertz CT molecular complexity index is 614. The fourth-order valence-electron chi connectivity index (χ4n) is 1.77. The van der Waals surface area contributed by atoms with Crippen LogP contribution in [0.15, 0.2) is 30.3 Å². The molecular weight excluding hydrogens is 254 g/mol. The molecular formula is C14H15N5O. The van der Waals surface area contributed by atoms with Crippen LogP contribution in [0.5, 0.6) is 0 Å². The average Bonchev–Trinajstić information content (AvgIpc) is 2.94. The lowest BCUT2D eigenvalue weighted by molar-refractivity contribution is 0.0935. The molecule has 2 N–H and O–H groups in total. The highest BCUT2D eigenvalue weighted by Crippen LogP contribution is 2.11. The van der Waals surface area contributed by atoms with Crippen molar-refractivity contribution in [3.8, 4) is 6.07 Å². The molecule has 1 unspecified atom stereocenters. The van der Waals surface area contributed by atoms with Gasteiger partial charge in [0.1, 0.15) is 6.04 Å². The Kier molecular flexibility index (Phi) is 4.45. The van der Waals surface area contributed by atoms with E-state index < -0.39 is 11.9 Å². The molecule has 0 saturated heterocycles. The van der Waals surface area contributed by atoms with Crippen molar-refractivity contribution < 1.29 is 4.79 Å². The molecule has 1 aromatic heterocycles. The van der Waals surface area contributed by atoms with Crippen LogP contribution in [-0.4, -0.2) is 21.1 Å². The molecule has 102 valence electrons. The van der Waals surface area contributed by atoms with Crippen molar-refractivity contribution >= 4 is 5.91 Å². The molecule has 6 heteroatoms. The lowest BCUT2D eigenvalue weighted by Crippen LogP contribution is -2.28. The van der Waals surface area contributed by atoms with E-state index in [4.69, 9.17) is 5.26 Å². The summed E-state index contributed by atoms with van der Waals surface area (Å²) < 4.78 is 0. The van der Waals surface area contributed by atoms with Gasteiger partial charge in [0.2, 0.25) is 5.82 Å². The molecule has 1 heterocycles. The number of carbonyl (C=O) groups is 1.